The van der Waals surface area contributed by atoms with Crippen molar-refractivity contribution in [3.63, 3.8) is 0 Å². The average molecular weight is 210 g/mol. The Balaban J connectivity index is 3.22. The summed E-state index contributed by atoms with van der Waals surface area (Å²) in [5.41, 5.74) is 0.356. The number of ketones is 1. The van der Waals surface area contributed by atoms with Gasteiger partial charge in [0.1, 0.15) is 5.82 Å². The summed E-state index contributed by atoms with van der Waals surface area (Å²) in [4.78, 5) is 21.5. The van der Waals surface area contributed by atoms with Gasteiger partial charge in [0, 0.05) is 0 Å². The number of carbonyl (C=O) groups is 2. The van der Waals surface area contributed by atoms with E-state index in [9.17, 15) is 14.0 Å². The van der Waals surface area contributed by atoms with Crippen LogP contribution in [0, 0.1) is 5.82 Å². The van der Waals surface area contributed by atoms with Gasteiger partial charge in [-0.1, -0.05) is 19.9 Å². The summed E-state index contributed by atoms with van der Waals surface area (Å²) < 4.78 is 13.2. The first-order chi connectivity index (χ1) is 6.93. The SMILES string of the molecule is CC(C)c1ccc(F)c(C(=O)C(=O)O)c1. The molecular formula is C11H11FO3. The molecule has 1 aromatic carbocycles. The van der Waals surface area contributed by atoms with Crippen LogP contribution in [-0.2, 0) is 4.79 Å². The van der Waals surface area contributed by atoms with Crippen molar-refractivity contribution in [1.29, 1.82) is 0 Å². The number of Topliss-reactive ketones (excluding diaryl/α,β-unsaturated/α-hetero) is 1. The lowest BCUT2D eigenvalue weighted by Gasteiger charge is -2.07. The first-order valence-electron chi connectivity index (χ1n) is 4.50. The lowest BCUT2D eigenvalue weighted by Crippen LogP contribution is -2.15. The van der Waals surface area contributed by atoms with Gasteiger partial charge in [-0.05, 0) is 23.6 Å². The molecule has 0 spiro atoms. The number of carboxylic acid groups (broad SMARTS) is 1. The molecule has 0 bridgehead atoms. The van der Waals surface area contributed by atoms with Crippen LogP contribution >= 0.6 is 0 Å². The Morgan fingerprint density at radius 3 is 2.40 bits per heavy atom. The highest BCUT2D eigenvalue weighted by molar-refractivity contribution is 6.39. The number of benzene rings is 1. The van der Waals surface area contributed by atoms with E-state index in [0.717, 1.165) is 11.6 Å². The van der Waals surface area contributed by atoms with Crippen LogP contribution in [0.25, 0.3) is 0 Å². The van der Waals surface area contributed by atoms with E-state index in [4.69, 9.17) is 5.11 Å². The van der Waals surface area contributed by atoms with Crippen molar-refractivity contribution in [3.8, 4) is 0 Å². The summed E-state index contributed by atoms with van der Waals surface area (Å²) in [6.45, 7) is 3.75. The molecule has 4 heteroatoms. The third kappa shape index (κ3) is 2.40. The Morgan fingerprint density at radius 1 is 1.33 bits per heavy atom. The number of hydrogen-bond acceptors (Lipinski definition) is 2. The molecule has 15 heavy (non-hydrogen) atoms. The molecule has 0 atom stereocenters. The molecule has 0 saturated heterocycles. The van der Waals surface area contributed by atoms with E-state index in [1.165, 1.54) is 6.07 Å². The third-order valence-corrected chi connectivity index (χ3v) is 2.10. The van der Waals surface area contributed by atoms with E-state index in [1.807, 2.05) is 13.8 Å². The van der Waals surface area contributed by atoms with Gasteiger partial charge < -0.3 is 5.11 Å². The molecule has 80 valence electrons. The van der Waals surface area contributed by atoms with Crippen molar-refractivity contribution in [3.05, 3.63) is 35.1 Å². The van der Waals surface area contributed by atoms with Crippen molar-refractivity contribution >= 4 is 11.8 Å². The lowest BCUT2D eigenvalue weighted by molar-refractivity contribution is -0.131. The maximum atomic E-state index is 13.2. The van der Waals surface area contributed by atoms with E-state index in [1.54, 1.807) is 6.07 Å². The fourth-order valence-electron chi connectivity index (χ4n) is 1.19. The van der Waals surface area contributed by atoms with Crippen LogP contribution in [0.1, 0.15) is 35.7 Å². The largest absolute Gasteiger partial charge is 0.475 e. The van der Waals surface area contributed by atoms with Gasteiger partial charge >= 0.3 is 5.97 Å². The molecule has 0 aliphatic heterocycles. The number of aliphatic carboxylic acids is 1. The van der Waals surface area contributed by atoms with Crippen molar-refractivity contribution in [2.24, 2.45) is 0 Å². The van der Waals surface area contributed by atoms with Gasteiger partial charge in [-0.3, -0.25) is 4.79 Å². The molecule has 3 nitrogen and oxygen atoms in total. The maximum Gasteiger partial charge on any atom is 0.377 e. The van der Waals surface area contributed by atoms with E-state index in [0.29, 0.717) is 0 Å². The highest BCUT2D eigenvalue weighted by atomic mass is 19.1. The summed E-state index contributed by atoms with van der Waals surface area (Å²) in [5, 5.41) is 8.47. The molecule has 1 N–H and O–H groups in total. The molecule has 0 amide bonds. The van der Waals surface area contributed by atoms with Gasteiger partial charge in [-0.2, -0.15) is 0 Å². The molecule has 0 aliphatic carbocycles. The zero-order chi connectivity index (χ0) is 11.6. The molecule has 0 aromatic heterocycles. The molecule has 1 rings (SSSR count). The summed E-state index contributed by atoms with van der Waals surface area (Å²) in [7, 11) is 0. The highest BCUT2D eigenvalue weighted by Crippen LogP contribution is 2.18. The van der Waals surface area contributed by atoms with Gasteiger partial charge in [0.15, 0.2) is 0 Å². The first-order valence-corrected chi connectivity index (χ1v) is 4.50. The lowest BCUT2D eigenvalue weighted by atomic mass is 9.99. The molecular weight excluding hydrogens is 199 g/mol. The van der Waals surface area contributed by atoms with E-state index in [-0.39, 0.29) is 11.5 Å². The van der Waals surface area contributed by atoms with Crippen molar-refractivity contribution in [2.45, 2.75) is 19.8 Å². The van der Waals surface area contributed by atoms with Gasteiger partial charge in [-0.15, -0.1) is 0 Å². The molecule has 0 aliphatic rings. The Labute approximate surface area is 86.5 Å². The predicted octanol–water partition coefficient (Wildman–Crippen LogP) is 2.22. The zero-order valence-corrected chi connectivity index (χ0v) is 8.45. The Morgan fingerprint density at radius 2 is 1.93 bits per heavy atom. The van der Waals surface area contributed by atoms with Gasteiger partial charge in [0.25, 0.3) is 5.78 Å². The Hall–Kier alpha value is -1.71. The second kappa shape index (κ2) is 4.21. The standard InChI is InChI=1S/C11H11FO3/c1-6(2)7-3-4-9(12)8(5-7)10(13)11(14)15/h3-6H,1-2H3,(H,14,15). The minimum absolute atomic E-state index is 0.117. The highest BCUT2D eigenvalue weighted by Gasteiger charge is 2.19. The smallest absolute Gasteiger partial charge is 0.377 e. The minimum Gasteiger partial charge on any atom is -0.475 e. The Kier molecular flexibility index (Phi) is 3.19. The van der Waals surface area contributed by atoms with Crippen LogP contribution in [0.4, 0.5) is 4.39 Å². The quantitative estimate of drug-likeness (QED) is 0.614. The van der Waals surface area contributed by atoms with Gasteiger partial charge in [0.2, 0.25) is 0 Å². The Bertz CT molecular complexity index is 410. The second-order valence-corrected chi connectivity index (χ2v) is 3.53. The van der Waals surface area contributed by atoms with Crippen molar-refractivity contribution < 1.29 is 19.1 Å². The molecule has 0 radical (unpaired) electrons. The number of halogens is 1. The van der Waals surface area contributed by atoms with E-state index < -0.39 is 17.6 Å². The van der Waals surface area contributed by atoms with Gasteiger partial charge in [0.05, 0.1) is 5.56 Å². The monoisotopic (exact) mass is 210 g/mol. The number of carboxylic acids is 1. The molecule has 0 saturated carbocycles. The average Bonchev–Trinajstić information content (AvgIpc) is 2.16. The van der Waals surface area contributed by atoms with Crippen LogP contribution < -0.4 is 0 Å². The third-order valence-electron chi connectivity index (χ3n) is 2.10. The fourth-order valence-corrected chi connectivity index (χ4v) is 1.19. The van der Waals surface area contributed by atoms with Gasteiger partial charge in [-0.25, -0.2) is 9.18 Å². The summed E-state index contributed by atoms with van der Waals surface area (Å²) >= 11 is 0. The normalized spacial score (nSPS) is 10.4. The first kappa shape index (κ1) is 11.4. The van der Waals surface area contributed by atoms with E-state index >= 15 is 0 Å². The summed E-state index contributed by atoms with van der Waals surface area (Å²) in [6, 6.07) is 3.95. The van der Waals surface area contributed by atoms with Crippen LogP contribution in [-0.4, -0.2) is 16.9 Å². The summed E-state index contributed by atoms with van der Waals surface area (Å²) in [5.74, 6) is -3.54. The number of carbonyl (C=O) groups excluding carboxylic acids is 1. The molecule has 1 aromatic rings. The molecule has 0 unspecified atom stereocenters. The molecule has 0 heterocycles. The van der Waals surface area contributed by atoms with Crippen LogP contribution in [0.2, 0.25) is 0 Å². The number of rotatable bonds is 3. The van der Waals surface area contributed by atoms with Crippen LogP contribution in [0.15, 0.2) is 18.2 Å². The second-order valence-electron chi connectivity index (χ2n) is 3.53. The predicted molar refractivity (Wildman–Crippen MR) is 52.5 cm³/mol. The molecule has 0 fully saturated rings. The zero-order valence-electron chi connectivity index (χ0n) is 8.45. The topological polar surface area (TPSA) is 54.4 Å². The maximum absolute atomic E-state index is 13.2. The summed E-state index contributed by atoms with van der Waals surface area (Å²) in [6.07, 6.45) is 0. The van der Waals surface area contributed by atoms with Crippen LogP contribution in [0.3, 0.4) is 0 Å². The van der Waals surface area contributed by atoms with Crippen molar-refractivity contribution in [1.82, 2.24) is 0 Å². The number of hydrogen-bond donors (Lipinski definition) is 1. The minimum atomic E-state index is -1.64. The van der Waals surface area contributed by atoms with Crippen molar-refractivity contribution in [2.75, 3.05) is 0 Å². The van der Waals surface area contributed by atoms with E-state index in [2.05, 4.69) is 0 Å². The van der Waals surface area contributed by atoms with Crippen LogP contribution in [0.5, 0.6) is 0 Å². The fraction of sp³-hybridized carbons (Fsp3) is 0.273.